The van der Waals surface area contributed by atoms with Crippen LogP contribution in [-0.2, 0) is 0 Å². The van der Waals surface area contributed by atoms with Crippen LogP contribution in [0.3, 0.4) is 0 Å². The van der Waals surface area contributed by atoms with Crippen molar-refractivity contribution in [3.05, 3.63) is 41.2 Å². The van der Waals surface area contributed by atoms with Crippen molar-refractivity contribution in [1.29, 1.82) is 5.26 Å². The number of aryl methyl sites for hydroxylation is 2. The SMILES string of the molecule is CCN(CC)c1ccc(Nc2nc(C)cc(C#N)n2)c(C)c1. The Kier molecular flexibility index (Phi) is 4.95. The van der Waals surface area contributed by atoms with Crippen LogP contribution in [0.5, 0.6) is 0 Å². The topological polar surface area (TPSA) is 64.8 Å². The molecule has 0 amide bonds. The minimum Gasteiger partial charge on any atom is -0.372 e. The van der Waals surface area contributed by atoms with Gasteiger partial charge in [0.05, 0.1) is 0 Å². The average molecular weight is 295 g/mol. The normalized spacial score (nSPS) is 10.1. The Morgan fingerprint density at radius 3 is 2.45 bits per heavy atom. The molecule has 0 unspecified atom stereocenters. The van der Waals surface area contributed by atoms with Crippen molar-refractivity contribution < 1.29 is 0 Å². The van der Waals surface area contributed by atoms with Gasteiger partial charge in [-0.15, -0.1) is 0 Å². The van der Waals surface area contributed by atoms with Crippen LogP contribution in [-0.4, -0.2) is 23.1 Å². The first-order valence-electron chi connectivity index (χ1n) is 7.45. The van der Waals surface area contributed by atoms with E-state index >= 15 is 0 Å². The van der Waals surface area contributed by atoms with Crippen LogP contribution in [0, 0.1) is 25.2 Å². The highest BCUT2D eigenvalue weighted by atomic mass is 15.1. The number of aromatic nitrogens is 2. The number of hydrogen-bond donors (Lipinski definition) is 1. The molecule has 5 nitrogen and oxygen atoms in total. The molecule has 0 fully saturated rings. The van der Waals surface area contributed by atoms with Crippen molar-refractivity contribution >= 4 is 17.3 Å². The maximum absolute atomic E-state index is 8.99. The zero-order valence-electron chi connectivity index (χ0n) is 13.5. The van der Waals surface area contributed by atoms with E-state index in [0.717, 1.165) is 30.0 Å². The van der Waals surface area contributed by atoms with E-state index in [1.807, 2.05) is 13.0 Å². The first-order chi connectivity index (χ1) is 10.6. The van der Waals surface area contributed by atoms with E-state index in [2.05, 4.69) is 59.2 Å². The summed E-state index contributed by atoms with van der Waals surface area (Å²) < 4.78 is 0. The lowest BCUT2D eigenvalue weighted by Gasteiger charge is -2.22. The fraction of sp³-hybridized carbons (Fsp3) is 0.353. The zero-order chi connectivity index (χ0) is 16.1. The van der Waals surface area contributed by atoms with Crippen LogP contribution < -0.4 is 10.2 Å². The molecule has 22 heavy (non-hydrogen) atoms. The molecular formula is C17H21N5. The Balaban J connectivity index is 2.27. The van der Waals surface area contributed by atoms with Gasteiger partial charge in [-0.3, -0.25) is 0 Å². The van der Waals surface area contributed by atoms with E-state index in [1.54, 1.807) is 6.07 Å². The second kappa shape index (κ2) is 6.90. The van der Waals surface area contributed by atoms with Crippen molar-refractivity contribution in [3.63, 3.8) is 0 Å². The smallest absolute Gasteiger partial charge is 0.228 e. The molecule has 0 atom stereocenters. The summed E-state index contributed by atoms with van der Waals surface area (Å²) in [5.41, 5.74) is 4.41. The summed E-state index contributed by atoms with van der Waals surface area (Å²) in [5, 5.41) is 12.2. The molecule has 0 saturated heterocycles. The fourth-order valence-electron chi connectivity index (χ4n) is 2.38. The Bertz CT molecular complexity index is 699. The lowest BCUT2D eigenvalue weighted by molar-refractivity contribution is 0.866. The number of anilines is 3. The van der Waals surface area contributed by atoms with Gasteiger partial charge in [0.15, 0.2) is 0 Å². The molecular weight excluding hydrogens is 274 g/mol. The van der Waals surface area contributed by atoms with Crippen LogP contribution in [0.25, 0.3) is 0 Å². The van der Waals surface area contributed by atoms with E-state index in [0.29, 0.717) is 11.6 Å². The molecule has 2 aromatic rings. The third kappa shape index (κ3) is 3.53. The van der Waals surface area contributed by atoms with E-state index in [9.17, 15) is 0 Å². The highest BCUT2D eigenvalue weighted by Gasteiger charge is 2.07. The second-order valence-corrected chi connectivity index (χ2v) is 5.13. The van der Waals surface area contributed by atoms with Gasteiger partial charge in [-0.2, -0.15) is 5.26 Å². The van der Waals surface area contributed by atoms with E-state index in [-0.39, 0.29) is 0 Å². The maximum Gasteiger partial charge on any atom is 0.228 e. The third-order valence-corrected chi connectivity index (χ3v) is 3.55. The number of nitrogens with one attached hydrogen (secondary N) is 1. The largest absolute Gasteiger partial charge is 0.372 e. The molecule has 0 aliphatic heterocycles. The van der Waals surface area contributed by atoms with Gasteiger partial charge < -0.3 is 10.2 Å². The first kappa shape index (κ1) is 15.8. The van der Waals surface area contributed by atoms with Gasteiger partial charge in [0.25, 0.3) is 0 Å². The molecule has 114 valence electrons. The predicted octanol–water partition coefficient (Wildman–Crippen LogP) is 3.55. The van der Waals surface area contributed by atoms with Crippen molar-refractivity contribution in [2.75, 3.05) is 23.3 Å². The standard InChI is InChI=1S/C17H21N5/c1-5-22(6-2)15-7-8-16(12(3)9-15)21-17-19-13(4)10-14(11-18)20-17/h7-10H,5-6H2,1-4H3,(H,19,20,21). The first-order valence-corrected chi connectivity index (χ1v) is 7.45. The van der Waals surface area contributed by atoms with Gasteiger partial charge in [-0.25, -0.2) is 9.97 Å². The Hall–Kier alpha value is -2.61. The number of hydrogen-bond acceptors (Lipinski definition) is 5. The molecule has 1 heterocycles. The summed E-state index contributed by atoms with van der Waals surface area (Å²) in [6, 6.07) is 9.98. The Morgan fingerprint density at radius 1 is 1.14 bits per heavy atom. The fourth-order valence-corrected chi connectivity index (χ4v) is 2.38. The van der Waals surface area contributed by atoms with E-state index < -0.39 is 0 Å². The minimum atomic E-state index is 0.368. The molecule has 1 aromatic carbocycles. The lowest BCUT2D eigenvalue weighted by Crippen LogP contribution is -2.21. The van der Waals surface area contributed by atoms with E-state index in [1.165, 1.54) is 5.69 Å². The van der Waals surface area contributed by atoms with E-state index in [4.69, 9.17) is 5.26 Å². The van der Waals surface area contributed by atoms with Crippen LogP contribution >= 0.6 is 0 Å². The number of benzene rings is 1. The molecule has 0 aliphatic rings. The quantitative estimate of drug-likeness (QED) is 0.913. The van der Waals surface area contributed by atoms with Crippen LogP contribution in [0.4, 0.5) is 17.3 Å². The average Bonchev–Trinajstić information content (AvgIpc) is 2.50. The maximum atomic E-state index is 8.99. The molecule has 2 rings (SSSR count). The highest BCUT2D eigenvalue weighted by molar-refractivity contribution is 5.64. The Labute approximate surface area is 131 Å². The van der Waals surface area contributed by atoms with Crippen molar-refractivity contribution in [2.45, 2.75) is 27.7 Å². The lowest BCUT2D eigenvalue weighted by atomic mass is 10.1. The third-order valence-electron chi connectivity index (χ3n) is 3.55. The van der Waals surface area contributed by atoms with Gasteiger partial charge in [0, 0.05) is 30.2 Å². The zero-order valence-corrected chi connectivity index (χ0v) is 13.5. The van der Waals surface area contributed by atoms with Gasteiger partial charge in [0.2, 0.25) is 5.95 Å². The monoisotopic (exact) mass is 295 g/mol. The summed E-state index contributed by atoms with van der Waals surface area (Å²) in [6.07, 6.45) is 0. The van der Waals surface area contributed by atoms with Gasteiger partial charge in [-0.1, -0.05) is 0 Å². The van der Waals surface area contributed by atoms with Crippen LogP contribution in [0.2, 0.25) is 0 Å². The van der Waals surface area contributed by atoms with Crippen molar-refractivity contribution in [3.8, 4) is 6.07 Å². The predicted molar refractivity (Wildman–Crippen MR) is 89.5 cm³/mol. The van der Waals surface area contributed by atoms with Gasteiger partial charge in [0.1, 0.15) is 11.8 Å². The molecule has 1 aromatic heterocycles. The van der Waals surface area contributed by atoms with Gasteiger partial charge >= 0.3 is 0 Å². The molecule has 0 radical (unpaired) electrons. The molecule has 0 spiro atoms. The number of rotatable bonds is 5. The molecule has 5 heteroatoms. The molecule has 1 N–H and O–H groups in total. The minimum absolute atomic E-state index is 0.368. The summed E-state index contributed by atoms with van der Waals surface area (Å²) >= 11 is 0. The molecule has 0 saturated carbocycles. The number of nitriles is 1. The van der Waals surface area contributed by atoms with Crippen LogP contribution in [0.1, 0.15) is 30.8 Å². The Morgan fingerprint density at radius 2 is 1.86 bits per heavy atom. The van der Waals surface area contributed by atoms with Crippen molar-refractivity contribution in [2.24, 2.45) is 0 Å². The second-order valence-electron chi connectivity index (χ2n) is 5.13. The van der Waals surface area contributed by atoms with Crippen molar-refractivity contribution in [1.82, 2.24) is 9.97 Å². The number of nitrogens with zero attached hydrogens (tertiary/aromatic N) is 4. The van der Waals surface area contributed by atoms with Gasteiger partial charge in [-0.05, 0) is 57.5 Å². The summed E-state index contributed by atoms with van der Waals surface area (Å²) in [4.78, 5) is 10.8. The summed E-state index contributed by atoms with van der Waals surface area (Å²) in [7, 11) is 0. The highest BCUT2D eigenvalue weighted by Crippen LogP contribution is 2.24. The molecule has 0 bridgehead atoms. The summed E-state index contributed by atoms with van der Waals surface area (Å²) in [6.45, 7) is 10.2. The molecule has 0 aliphatic carbocycles. The van der Waals surface area contributed by atoms with Crippen LogP contribution in [0.15, 0.2) is 24.3 Å². The summed E-state index contributed by atoms with van der Waals surface area (Å²) in [5.74, 6) is 0.454.